The number of nitrogens with zero attached hydrogens (tertiary/aromatic N) is 1. The molecule has 32 heavy (non-hydrogen) atoms. The highest BCUT2D eigenvalue weighted by molar-refractivity contribution is 5.95. The van der Waals surface area contributed by atoms with Crippen LogP contribution in [0.1, 0.15) is 36.7 Å². The third-order valence-corrected chi connectivity index (χ3v) is 5.13. The Morgan fingerprint density at radius 2 is 1.69 bits per heavy atom. The van der Waals surface area contributed by atoms with Crippen LogP contribution in [-0.4, -0.2) is 63.0 Å². The summed E-state index contributed by atoms with van der Waals surface area (Å²) >= 11 is 0. The van der Waals surface area contributed by atoms with Crippen molar-refractivity contribution in [1.82, 2.24) is 10.2 Å². The van der Waals surface area contributed by atoms with Crippen molar-refractivity contribution in [3.05, 3.63) is 53.6 Å². The summed E-state index contributed by atoms with van der Waals surface area (Å²) in [6.07, 6.45) is -0.0585. The summed E-state index contributed by atoms with van der Waals surface area (Å²) in [6.45, 7) is 10.7. The lowest BCUT2D eigenvalue weighted by molar-refractivity contribution is -0.0292. The maximum absolute atomic E-state index is 12.9. The van der Waals surface area contributed by atoms with Gasteiger partial charge in [-0.1, -0.05) is 30.3 Å². The predicted octanol–water partition coefficient (Wildman–Crippen LogP) is 3.51. The number of rotatable bonds is 11. The Kier molecular flexibility index (Phi) is 9.19. The maximum atomic E-state index is 12.9. The Morgan fingerprint density at radius 3 is 2.31 bits per heavy atom. The fourth-order valence-corrected chi connectivity index (χ4v) is 3.72. The van der Waals surface area contributed by atoms with Crippen LogP contribution in [0.5, 0.6) is 17.2 Å². The molecule has 174 valence electrons. The van der Waals surface area contributed by atoms with Gasteiger partial charge in [0.2, 0.25) is 5.75 Å². The second-order valence-electron chi connectivity index (χ2n) is 7.52. The van der Waals surface area contributed by atoms with E-state index in [-0.39, 0.29) is 12.0 Å². The summed E-state index contributed by atoms with van der Waals surface area (Å²) in [6, 6.07) is 13.8. The van der Waals surface area contributed by atoms with Crippen LogP contribution >= 0.6 is 0 Å². The molecular weight excluding hydrogens is 408 g/mol. The Morgan fingerprint density at radius 1 is 1.03 bits per heavy atom. The highest BCUT2D eigenvalue weighted by atomic mass is 16.5. The maximum Gasteiger partial charge on any atom is 0.251 e. The molecule has 0 saturated carbocycles. The van der Waals surface area contributed by atoms with E-state index >= 15 is 0 Å². The minimum absolute atomic E-state index is 0.0585. The SMILES string of the molecule is CCOc1cc(C(=O)NCC2CN(Cc3ccccc3)CCO2)cc(OCC)c1OCC. The number of carbonyl (C=O) groups excluding carboxylic acids is 1. The zero-order valence-electron chi connectivity index (χ0n) is 19.3. The van der Waals surface area contributed by atoms with E-state index in [1.54, 1.807) is 12.1 Å². The molecule has 7 nitrogen and oxygen atoms in total. The number of hydrogen-bond donors (Lipinski definition) is 1. The molecule has 1 amide bonds. The average Bonchev–Trinajstić information content (AvgIpc) is 2.80. The molecular formula is C25H34N2O5. The highest BCUT2D eigenvalue weighted by Crippen LogP contribution is 2.39. The van der Waals surface area contributed by atoms with Gasteiger partial charge in [0.05, 0.1) is 32.5 Å². The molecule has 0 aromatic heterocycles. The van der Waals surface area contributed by atoms with Crippen LogP contribution in [0.2, 0.25) is 0 Å². The largest absolute Gasteiger partial charge is 0.490 e. The highest BCUT2D eigenvalue weighted by Gasteiger charge is 2.23. The Hall–Kier alpha value is -2.77. The number of morpholine rings is 1. The zero-order chi connectivity index (χ0) is 22.8. The molecule has 1 heterocycles. The predicted molar refractivity (Wildman–Crippen MR) is 124 cm³/mol. The van der Waals surface area contributed by atoms with Gasteiger partial charge in [-0.05, 0) is 38.5 Å². The first kappa shape index (κ1) is 23.9. The number of benzene rings is 2. The number of hydrogen-bond acceptors (Lipinski definition) is 6. The van der Waals surface area contributed by atoms with Gasteiger partial charge in [0.15, 0.2) is 11.5 Å². The van der Waals surface area contributed by atoms with E-state index in [9.17, 15) is 4.79 Å². The Bertz CT molecular complexity index is 832. The lowest BCUT2D eigenvalue weighted by Crippen LogP contribution is -2.47. The van der Waals surface area contributed by atoms with Gasteiger partial charge in [0.25, 0.3) is 5.91 Å². The molecule has 1 N–H and O–H groups in total. The monoisotopic (exact) mass is 442 g/mol. The van der Waals surface area contributed by atoms with Gasteiger partial charge in [-0.3, -0.25) is 9.69 Å². The van der Waals surface area contributed by atoms with Crippen molar-refractivity contribution in [2.45, 2.75) is 33.4 Å². The van der Waals surface area contributed by atoms with E-state index < -0.39 is 0 Å². The zero-order valence-corrected chi connectivity index (χ0v) is 19.3. The first-order chi connectivity index (χ1) is 15.6. The van der Waals surface area contributed by atoms with Crippen LogP contribution in [0.25, 0.3) is 0 Å². The van der Waals surface area contributed by atoms with Crippen molar-refractivity contribution < 1.29 is 23.7 Å². The third-order valence-electron chi connectivity index (χ3n) is 5.13. The fourth-order valence-electron chi connectivity index (χ4n) is 3.72. The van der Waals surface area contributed by atoms with Gasteiger partial charge in [-0.25, -0.2) is 0 Å². The van der Waals surface area contributed by atoms with Crippen molar-refractivity contribution in [1.29, 1.82) is 0 Å². The lowest BCUT2D eigenvalue weighted by atomic mass is 10.1. The minimum atomic E-state index is -0.196. The van der Waals surface area contributed by atoms with Crippen molar-refractivity contribution in [3.63, 3.8) is 0 Å². The van der Waals surface area contributed by atoms with E-state index in [2.05, 4.69) is 34.5 Å². The lowest BCUT2D eigenvalue weighted by Gasteiger charge is -2.33. The molecule has 0 aliphatic carbocycles. The molecule has 0 radical (unpaired) electrons. The van der Waals surface area contributed by atoms with Gasteiger partial charge in [-0.2, -0.15) is 0 Å². The summed E-state index contributed by atoms with van der Waals surface area (Å²) < 4.78 is 23.0. The fraction of sp³-hybridized carbons (Fsp3) is 0.480. The number of amides is 1. The molecule has 1 saturated heterocycles. The molecule has 1 fully saturated rings. The van der Waals surface area contributed by atoms with Gasteiger partial charge in [-0.15, -0.1) is 0 Å². The Balaban J connectivity index is 1.63. The molecule has 2 aromatic carbocycles. The normalized spacial score (nSPS) is 16.4. The third kappa shape index (κ3) is 6.61. The molecule has 0 spiro atoms. The average molecular weight is 443 g/mol. The van der Waals surface area contributed by atoms with Crippen molar-refractivity contribution >= 4 is 5.91 Å². The Labute approximate surface area is 190 Å². The summed E-state index contributed by atoms with van der Waals surface area (Å²) in [5.74, 6) is 1.35. The smallest absolute Gasteiger partial charge is 0.251 e. The summed E-state index contributed by atoms with van der Waals surface area (Å²) in [5.41, 5.74) is 1.75. The van der Waals surface area contributed by atoms with Crippen LogP contribution < -0.4 is 19.5 Å². The number of ether oxygens (including phenoxy) is 4. The van der Waals surface area contributed by atoms with Gasteiger partial charge in [0.1, 0.15) is 0 Å². The van der Waals surface area contributed by atoms with Crippen LogP contribution in [-0.2, 0) is 11.3 Å². The minimum Gasteiger partial charge on any atom is -0.490 e. The van der Waals surface area contributed by atoms with Gasteiger partial charge >= 0.3 is 0 Å². The van der Waals surface area contributed by atoms with Gasteiger partial charge < -0.3 is 24.3 Å². The van der Waals surface area contributed by atoms with E-state index in [1.165, 1.54) is 5.56 Å². The van der Waals surface area contributed by atoms with Crippen molar-refractivity contribution in [2.24, 2.45) is 0 Å². The van der Waals surface area contributed by atoms with E-state index in [1.807, 2.05) is 26.8 Å². The second-order valence-corrected chi connectivity index (χ2v) is 7.52. The summed E-state index contributed by atoms with van der Waals surface area (Å²) in [7, 11) is 0. The quantitative estimate of drug-likeness (QED) is 0.574. The van der Waals surface area contributed by atoms with Crippen LogP contribution in [0, 0.1) is 0 Å². The van der Waals surface area contributed by atoms with Crippen molar-refractivity contribution in [3.8, 4) is 17.2 Å². The number of nitrogens with one attached hydrogen (secondary N) is 1. The van der Waals surface area contributed by atoms with Gasteiger partial charge in [0, 0.05) is 31.7 Å². The first-order valence-corrected chi connectivity index (χ1v) is 11.4. The van der Waals surface area contributed by atoms with Crippen molar-refractivity contribution in [2.75, 3.05) is 46.1 Å². The number of carbonyl (C=O) groups is 1. The molecule has 0 bridgehead atoms. The van der Waals surface area contributed by atoms with E-state index in [0.29, 0.717) is 55.8 Å². The molecule has 3 rings (SSSR count). The molecule has 7 heteroatoms. The molecule has 1 unspecified atom stereocenters. The second kappa shape index (κ2) is 12.3. The molecule has 1 aliphatic heterocycles. The first-order valence-electron chi connectivity index (χ1n) is 11.4. The topological polar surface area (TPSA) is 69.3 Å². The van der Waals surface area contributed by atoms with Crippen LogP contribution in [0.3, 0.4) is 0 Å². The molecule has 2 aromatic rings. The summed E-state index contributed by atoms with van der Waals surface area (Å²) in [4.78, 5) is 15.3. The summed E-state index contributed by atoms with van der Waals surface area (Å²) in [5, 5.41) is 3.00. The standard InChI is InChI=1S/C25H34N2O5/c1-4-29-22-14-20(15-23(30-5-2)24(22)31-6-3)25(28)26-16-21-18-27(12-13-32-21)17-19-10-8-7-9-11-19/h7-11,14-15,21H,4-6,12-13,16-18H2,1-3H3,(H,26,28). The molecule has 1 aliphatic rings. The van der Waals surface area contributed by atoms with E-state index in [0.717, 1.165) is 19.6 Å². The van der Waals surface area contributed by atoms with Crippen LogP contribution in [0.15, 0.2) is 42.5 Å². The molecule has 1 atom stereocenters. The van der Waals surface area contributed by atoms with Crippen LogP contribution in [0.4, 0.5) is 0 Å². The van der Waals surface area contributed by atoms with E-state index in [4.69, 9.17) is 18.9 Å².